The maximum absolute atomic E-state index is 14.0. The van der Waals surface area contributed by atoms with Gasteiger partial charge in [-0.05, 0) is 48.6 Å². The molecule has 1 aliphatic rings. The second kappa shape index (κ2) is 5.45. The fraction of sp³-hybridized carbons (Fsp3) is 0.294. The molecule has 0 amide bonds. The average Bonchev–Trinajstić information content (AvgIpc) is 2.46. The SMILES string of the molecule is Cc1ccc(C(Cl)c2ccc3c(c2)CCCO3)c(F)c1. The van der Waals surface area contributed by atoms with E-state index in [1.807, 2.05) is 31.2 Å². The van der Waals surface area contributed by atoms with Crippen molar-refractivity contribution >= 4 is 11.6 Å². The standard InChI is InChI=1S/C17H16ClFO/c1-11-4-6-14(15(19)9-11)17(18)13-5-7-16-12(10-13)3-2-8-20-16/h4-7,9-10,17H,2-3,8H2,1H3. The summed E-state index contributed by atoms with van der Waals surface area (Å²) in [5, 5.41) is -0.470. The van der Waals surface area contributed by atoms with Crippen LogP contribution in [0.15, 0.2) is 36.4 Å². The Balaban J connectivity index is 1.95. The molecule has 0 fully saturated rings. The number of halogens is 2. The lowest BCUT2D eigenvalue weighted by Gasteiger charge is -2.19. The minimum atomic E-state index is -0.470. The topological polar surface area (TPSA) is 9.23 Å². The van der Waals surface area contributed by atoms with Crippen LogP contribution in [0.1, 0.15) is 34.1 Å². The molecule has 0 N–H and O–H groups in total. The summed E-state index contributed by atoms with van der Waals surface area (Å²) in [4.78, 5) is 0. The van der Waals surface area contributed by atoms with E-state index >= 15 is 0 Å². The van der Waals surface area contributed by atoms with Gasteiger partial charge in [0, 0.05) is 5.56 Å². The third-order valence-corrected chi connectivity index (χ3v) is 4.14. The molecule has 1 atom stereocenters. The third-order valence-electron chi connectivity index (χ3n) is 3.65. The number of hydrogen-bond donors (Lipinski definition) is 0. The fourth-order valence-electron chi connectivity index (χ4n) is 2.56. The predicted molar refractivity (Wildman–Crippen MR) is 79.1 cm³/mol. The van der Waals surface area contributed by atoms with Crippen molar-refractivity contribution in [3.05, 3.63) is 64.5 Å². The molecule has 3 heteroatoms. The maximum atomic E-state index is 14.0. The molecule has 0 saturated heterocycles. The maximum Gasteiger partial charge on any atom is 0.128 e. The van der Waals surface area contributed by atoms with Crippen molar-refractivity contribution < 1.29 is 9.13 Å². The lowest BCUT2D eigenvalue weighted by molar-refractivity contribution is 0.288. The molecule has 0 saturated carbocycles. The predicted octanol–water partition coefficient (Wildman–Crippen LogP) is 4.79. The first kappa shape index (κ1) is 13.4. The number of alkyl halides is 1. The van der Waals surface area contributed by atoms with Crippen LogP contribution in [0.25, 0.3) is 0 Å². The van der Waals surface area contributed by atoms with E-state index in [-0.39, 0.29) is 5.82 Å². The van der Waals surface area contributed by atoms with Crippen molar-refractivity contribution in [2.24, 2.45) is 0 Å². The van der Waals surface area contributed by atoms with Gasteiger partial charge < -0.3 is 4.74 Å². The van der Waals surface area contributed by atoms with Crippen LogP contribution in [-0.2, 0) is 6.42 Å². The first-order chi connectivity index (χ1) is 9.65. The molecule has 2 aromatic rings. The van der Waals surface area contributed by atoms with Crippen LogP contribution in [0.5, 0.6) is 5.75 Å². The number of fused-ring (bicyclic) bond motifs is 1. The first-order valence-electron chi connectivity index (χ1n) is 6.81. The Bertz CT molecular complexity index is 639. The smallest absolute Gasteiger partial charge is 0.128 e. The van der Waals surface area contributed by atoms with Crippen LogP contribution in [0.2, 0.25) is 0 Å². The monoisotopic (exact) mass is 290 g/mol. The lowest BCUT2D eigenvalue weighted by Crippen LogP contribution is -2.09. The van der Waals surface area contributed by atoms with Gasteiger partial charge in [-0.25, -0.2) is 4.39 Å². The van der Waals surface area contributed by atoms with E-state index in [1.165, 1.54) is 6.07 Å². The Morgan fingerprint density at radius 3 is 2.85 bits per heavy atom. The van der Waals surface area contributed by atoms with Gasteiger partial charge >= 0.3 is 0 Å². The number of aryl methyl sites for hydroxylation is 2. The summed E-state index contributed by atoms with van der Waals surface area (Å²) in [6, 6.07) is 11.1. The average molecular weight is 291 g/mol. The quantitative estimate of drug-likeness (QED) is 0.723. The Hall–Kier alpha value is -1.54. The lowest BCUT2D eigenvalue weighted by atomic mass is 9.98. The summed E-state index contributed by atoms with van der Waals surface area (Å²) in [6.45, 7) is 2.63. The normalized spacial score (nSPS) is 15.3. The van der Waals surface area contributed by atoms with Gasteiger partial charge in [-0.2, -0.15) is 0 Å². The minimum absolute atomic E-state index is 0.251. The van der Waals surface area contributed by atoms with E-state index in [2.05, 4.69) is 0 Å². The highest BCUT2D eigenvalue weighted by molar-refractivity contribution is 6.22. The summed E-state index contributed by atoms with van der Waals surface area (Å²) < 4.78 is 19.6. The molecule has 0 bridgehead atoms. The van der Waals surface area contributed by atoms with Gasteiger partial charge in [0.15, 0.2) is 0 Å². The summed E-state index contributed by atoms with van der Waals surface area (Å²) in [7, 11) is 0. The number of hydrogen-bond acceptors (Lipinski definition) is 1. The van der Waals surface area contributed by atoms with Crippen molar-refractivity contribution in [1.29, 1.82) is 0 Å². The highest BCUT2D eigenvalue weighted by Crippen LogP contribution is 2.34. The summed E-state index contributed by atoms with van der Waals surface area (Å²) in [5.41, 5.74) is 3.49. The van der Waals surface area contributed by atoms with E-state index in [0.717, 1.165) is 41.9 Å². The Morgan fingerprint density at radius 2 is 2.05 bits per heavy atom. The summed E-state index contributed by atoms with van der Waals surface area (Å²) in [5.74, 6) is 0.673. The van der Waals surface area contributed by atoms with Gasteiger partial charge in [0.05, 0.1) is 12.0 Å². The first-order valence-corrected chi connectivity index (χ1v) is 7.24. The van der Waals surface area contributed by atoms with Crippen LogP contribution >= 0.6 is 11.6 Å². The van der Waals surface area contributed by atoms with Crippen molar-refractivity contribution in [3.8, 4) is 5.75 Å². The zero-order valence-electron chi connectivity index (χ0n) is 11.3. The molecule has 20 heavy (non-hydrogen) atoms. The Labute approximate surface area is 123 Å². The highest BCUT2D eigenvalue weighted by atomic mass is 35.5. The molecule has 0 aliphatic carbocycles. The largest absolute Gasteiger partial charge is 0.493 e. The molecule has 1 nitrogen and oxygen atoms in total. The van der Waals surface area contributed by atoms with Crippen LogP contribution in [-0.4, -0.2) is 6.61 Å². The van der Waals surface area contributed by atoms with Gasteiger partial charge in [-0.3, -0.25) is 0 Å². The Morgan fingerprint density at radius 1 is 1.20 bits per heavy atom. The van der Waals surface area contributed by atoms with E-state index in [1.54, 1.807) is 6.07 Å². The van der Waals surface area contributed by atoms with Crippen molar-refractivity contribution in [1.82, 2.24) is 0 Å². The fourth-order valence-corrected chi connectivity index (χ4v) is 2.87. The zero-order valence-corrected chi connectivity index (χ0v) is 12.1. The molecule has 0 spiro atoms. The third kappa shape index (κ3) is 2.53. The van der Waals surface area contributed by atoms with Crippen LogP contribution < -0.4 is 4.74 Å². The van der Waals surface area contributed by atoms with Crippen molar-refractivity contribution in [2.75, 3.05) is 6.61 Å². The van der Waals surface area contributed by atoms with Gasteiger partial charge in [-0.15, -0.1) is 11.6 Å². The van der Waals surface area contributed by atoms with Crippen LogP contribution in [0, 0.1) is 12.7 Å². The molecule has 2 aromatic carbocycles. The summed E-state index contributed by atoms with van der Waals surface area (Å²) in [6.07, 6.45) is 2.01. The van der Waals surface area contributed by atoms with Crippen LogP contribution in [0.4, 0.5) is 4.39 Å². The Kier molecular flexibility index (Phi) is 3.66. The van der Waals surface area contributed by atoms with Gasteiger partial charge in [0.2, 0.25) is 0 Å². The molecule has 0 radical (unpaired) electrons. The molecule has 1 heterocycles. The van der Waals surface area contributed by atoms with Gasteiger partial charge in [0.1, 0.15) is 11.6 Å². The van der Waals surface area contributed by atoms with Crippen molar-refractivity contribution in [3.63, 3.8) is 0 Å². The molecule has 1 aliphatic heterocycles. The summed E-state index contributed by atoms with van der Waals surface area (Å²) >= 11 is 6.45. The van der Waals surface area contributed by atoms with Gasteiger partial charge in [0.25, 0.3) is 0 Å². The van der Waals surface area contributed by atoms with E-state index in [9.17, 15) is 4.39 Å². The second-order valence-corrected chi connectivity index (χ2v) is 5.64. The number of benzene rings is 2. The molecule has 1 unspecified atom stereocenters. The molecule has 104 valence electrons. The molecule has 0 aromatic heterocycles. The van der Waals surface area contributed by atoms with E-state index < -0.39 is 5.38 Å². The molecule has 3 rings (SSSR count). The molecular formula is C17H16ClFO. The number of ether oxygens (including phenoxy) is 1. The minimum Gasteiger partial charge on any atom is -0.493 e. The van der Waals surface area contributed by atoms with Crippen molar-refractivity contribution in [2.45, 2.75) is 25.1 Å². The highest BCUT2D eigenvalue weighted by Gasteiger charge is 2.18. The van der Waals surface area contributed by atoms with Crippen LogP contribution in [0.3, 0.4) is 0 Å². The van der Waals surface area contributed by atoms with Gasteiger partial charge in [-0.1, -0.05) is 24.3 Å². The van der Waals surface area contributed by atoms with E-state index in [4.69, 9.17) is 16.3 Å². The molecular weight excluding hydrogens is 275 g/mol. The van der Waals surface area contributed by atoms with E-state index in [0.29, 0.717) is 5.56 Å². The zero-order chi connectivity index (χ0) is 14.1. The second-order valence-electron chi connectivity index (χ2n) is 5.21. The number of rotatable bonds is 2.